The van der Waals surface area contributed by atoms with Gasteiger partial charge < -0.3 is 9.47 Å². The maximum absolute atomic E-state index is 6.07. The van der Waals surface area contributed by atoms with E-state index in [-0.39, 0.29) is 0 Å². The summed E-state index contributed by atoms with van der Waals surface area (Å²) >= 11 is 8.34. The zero-order valence-corrected chi connectivity index (χ0v) is 19.4. The van der Waals surface area contributed by atoms with Crippen LogP contribution < -0.4 is 9.47 Å². The van der Waals surface area contributed by atoms with Crippen molar-refractivity contribution in [3.8, 4) is 11.5 Å². The van der Waals surface area contributed by atoms with Crippen LogP contribution in [-0.2, 0) is 13.0 Å². The van der Waals surface area contributed by atoms with Gasteiger partial charge >= 0.3 is 0 Å². The molecule has 0 saturated heterocycles. The zero-order chi connectivity index (χ0) is 20.6. The van der Waals surface area contributed by atoms with Gasteiger partial charge in [0.15, 0.2) is 11.5 Å². The largest absolute Gasteiger partial charge is 0.490 e. The monoisotopic (exact) mass is 519 g/mol. The number of hydrogen-bond donors (Lipinski definition) is 0. The molecule has 0 radical (unpaired) electrons. The zero-order valence-electron chi connectivity index (χ0n) is 16.5. The van der Waals surface area contributed by atoms with Crippen molar-refractivity contribution in [2.45, 2.75) is 26.9 Å². The highest BCUT2D eigenvalue weighted by atomic mass is 127. The van der Waals surface area contributed by atoms with Gasteiger partial charge in [-0.15, -0.1) is 0 Å². The quantitative estimate of drug-likeness (QED) is 0.232. The van der Waals surface area contributed by atoms with Gasteiger partial charge in [-0.2, -0.15) is 0 Å². The van der Waals surface area contributed by atoms with E-state index in [2.05, 4.69) is 46.6 Å². The third-order valence-electron chi connectivity index (χ3n) is 4.31. The average molecular weight is 520 g/mol. The summed E-state index contributed by atoms with van der Waals surface area (Å²) in [5, 5.41) is 0.698. The van der Waals surface area contributed by atoms with Crippen molar-refractivity contribution in [1.82, 2.24) is 0 Å². The van der Waals surface area contributed by atoms with Crippen molar-refractivity contribution in [3.05, 3.63) is 85.9 Å². The van der Waals surface area contributed by atoms with Crippen molar-refractivity contribution >= 4 is 46.1 Å². The van der Waals surface area contributed by atoms with E-state index in [1.54, 1.807) is 0 Å². The molecule has 0 aromatic heterocycles. The molecule has 0 saturated carbocycles. The third kappa shape index (κ3) is 6.21. The van der Waals surface area contributed by atoms with E-state index in [9.17, 15) is 0 Å². The van der Waals surface area contributed by atoms with Gasteiger partial charge in [0.2, 0.25) is 0 Å². The van der Waals surface area contributed by atoms with Crippen LogP contribution in [0, 0.1) is 3.57 Å². The topological polar surface area (TPSA) is 30.8 Å². The first-order chi connectivity index (χ1) is 14.1. The first kappa shape index (κ1) is 21.7. The fourth-order valence-electron chi connectivity index (χ4n) is 2.81. The Balaban J connectivity index is 1.80. The van der Waals surface area contributed by atoms with Gasteiger partial charge in [0.05, 0.1) is 15.9 Å². The van der Waals surface area contributed by atoms with Gasteiger partial charge in [0, 0.05) is 11.2 Å². The molecule has 0 spiro atoms. The molecule has 0 aliphatic carbocycles. The summed E-state index contributed by atoms with van der Waals surface area (Å²) in [6.45, 7) is 5.09. The SMILES string of the molecule is CCOc1cc(C=Nc2ccc(CC)cc2)cc(I)c1OCc1cccc(Cl)c1. The minimum Gasteiger partial charge on any atom is -0.490 e. The Bertz CT molecular complexity index is 987. The smallest absolute Gasteiger partial charge is 0.175 e. The lowest BCUT2D eigenvalue weighted by atomic mass is 10.1. The second kappa shape index (κ2) is 10.6. The lowest BCUT2D eigenvalue weighted by molar-refractivity contribution is 0.267. The molecule has 5 heteroatoms. The van der Waals surface area contributed by atoms with Crippen LogP contribution in [0.4, 0.5) is 5.69 Å². The molecule has 0 amide bonds. The predicted octanol–water partition coefficient (Wildman–Crippen LogP) is 7.24. The highest BCUT2D eigenvalue weighted by molar-refractivity contribution is 14.1. The van der Waals surface area contributed by atoms with Gasteiger partial charge in [-0.3, -0.25) is 4.99 Å². The number of hydrogen-bond acceptors (Lipinski definition) is 3. The number of rotatable bonds is 8. The number of aliphatic imine (C=N–C) groups is 1. The molecule has 0 bridgehead atoms. The summed E-state index contributed by atoms with van der Waals surface area (Å²) in [6.07, 6.45) is 2.88. The van der Waals surface area contributed by atoms with Crippen LogP contribution in [0.25, 0.3) is 0 Å². The van der Waals surface area contributed by atoms with Crippen LogP contribution in [0.5, 0.6) is 11.5 Å². The van der Waals surface area contributed by atoms with Crippen molar-refractivity contribution in [2.75, 3.05) is 6.61 Å². The minimum atomic E-state index is 0.424. The Morgan fingerprint density at radius 2 is 1.76 bits per heavy atom. The van der Waals surface area contributed by atoms with E-state index in [1.165, 1.54) is 5.56 Å². The molecule has 0 aliphatic rings. The lowest BCUT2D eigenvalue weighted by Crippen LogP contribution is -2.02. The van der Waals surface area contributed by atoms with Gasteiger partial charge in [0.1, 0.15) is 6.61 Å². The molecule has 0 N–H and O–H groups in total. The molecule has 150 valence electrons. The number of halogens is 2. The Morgan fingerprint density at radius 1 is 0.966 bits per heavy atom. The summed E-state index contributed by atoms with van der Waals surface area (Å²) in [6, 6.07) is 19.9. The summed E-state index contributed by atoms with van der Waals surface area (Å²) in [4.78, 5) is 4.59. The number of nitrogens with zero attached hydrogens (tertiary/aromatic N) is 1. The molecule has 0 heterocycles. The number of aryl methyl sites for hydroxylation is 1. The van der Waals surface area contributed by atoms with Crippen LogP contribution in [-0.4, -0.2) is 12.8 Å². The van der Waals surface area contributed by atoms with Crippen molar-refractivity contribution in [1.29, 1.82) is 0 Å². The van der Waals surface area contributed by atoms with E-state index in [0.29, 0.717) is 24.0 Å². The van der Waals surface area contributed by atoms with Crippen LogP contribution in [0.2, 0.25) is 5.02 Å². The third-order valence-corrected chi connectivity index (χ3v) is 5.35. The Labute approximate surface area is 190 Å². The Morgan fingerprint density at radius 3 is 2.45 bits per heavy atom. The van der Waals surface area contributed by atoms with Crippen molar-refractivity contribution < 1.29 is 9.47 Å². The average Bonchev–Trinajstić information content (AvgIpc) is 2.72. The molecule has 3 nitrogen and oxygen atoms in total. The van der Waals surface area contributed by atoms with Crippen LogP contribution in [0.15, 0.2) is 65.7 Å². The maximum Gasteiger partial charge on any atom is 0.175 e. The van der Waals surface area contributed by atoms with Crippen molar-refractivity contribution in [3.63, 3.8) is 0 Å². The molecule has 0 aliphatic heterocycles. The number of benzene rings is 3. The van der Waals surface area contributed by atoms with Gasteiger partial charge in [-0.1, -0.05) is 42.8 Å². The summed E-state index contributed by atoms with van der Waals surface area (Å²) in [5.74, 6) is 1.45. The summed E-state index contributed by atoms with van der Waals surface area (Å²) in [7, 11) is 0. The molecular weight excluding hydrogens is 497 g/mol. The van der Waals surface area contributed by atoms with Gasteiger partial charge in [-0.05, 0) is 89.0 Å². The molecule has 0 fully saturated rings. The first-order valence-corrected chi connectivity index (χ1v) is 11.0. The standard InChI is InChI=1S/C24H23ClINO2/c1-3-17-8-10-21(11-9-17)27-15-19-13-22(26)24(23(14-19)28-4-2)29-16-18-6-5-7-20(25)12-18/h5-15H,3-4,16H2,1-2H3. The second-order valence-corrected chi connectivity index (χ2v) is 8.06. The lowest BCUT2D eigenvalue weighted by Gasteiger charge is -2.15. The van der Waals surface area contributed by atoms with Crippen molar-refractivity contribution in [2.24, 2.45) is 4.99 Å². The predicted molar refractivity (Wildman–Crippen MR) is 129 cm³/mol. The van der Waals surface area contributed by atoms with E-state index < -0.39 is 0 Å². The molecule has 3 aromatic rings. The first-order valence-electron chi connectivity index (χ1n) is 9.55. The van der Waals surface area contributed by atoms with E-state index in [1.807, 2.05) is 61.7 Å². The highest BCUT2D eigenvalue weighted by Gasteiger charge is 2.12. The summed E-state index contributed by atoms with van der Waals surface area (Å²) in [5.41, 5.74) is 4.21. The van der Waals surface area contributed by atoms with Crippen LogP contribution in [0.3, 0.4) is 0 Å². The fourth-order valence-corrected chi connectivity index (χ4v) is 3.81. The molecule has 29 heavy (non-hydrogen) atoms. The Kier molecular flexibility index (Phi) is 7.95. The maximum atomic E-state index is 6.07. The van der Waals surface area contributed by atoms with E-state index in [0.717, 1.165) is 32.6 Å². The second-order valence-electron chi connectivity index (χ2n) is 6.46. The van der Waals surface area contributed by atoms with E-state index in [4.69, 9.17) is 21.1 Å². The minimum absolute atomic E-state index is 0.424. The van der Waals surface area contributed by atoms with Gasteiger partial charge in [-0.25, -0.2) is 0 Å². The summed E-state index contributed by atoms with van der Waals surface area (Å²) < 4.78 is 12.9. The molecule has 3 aromatic carbocycles. The fraction of sp³-hybridized carbons (Fsp3) is 0.208. The normalized spacial score (nSPS) is 11.0. The van der Waals surface area contributed by atoms with E-state index >= 15 is 0 Å². The molecule has 0 unspecified atom stereocenters. The van der Waals surface area contributed by atoms with Crippen LogP contribution >= 0.6 is 34.2 Å². The molecule has 0 atom stereocenters. The van der Waals surface area contributed by atoms with Crippen LogP contribution in [0.1, 0.15) is 30.5 Å². The van der Waals surface area contributed by atoms with Gasteiger partial charge in [0.25, 0.3) is 0 Å². The molecular formula is C24H23ClINO2. The molecule has 3 rings (SSSR count). The highest BCUT2D eigenvalue weighted by Crippen LogP contribution is 2.34. The number of ether oxygens (including phenoxy) is 2. The Hall–Kier alpha value is -2.05.